The quantitative estimate of drug-likeness (QED) is 0.246. The summed E-state index contributed by atoms with van der Waals surface area (Å²) in [5, 5.41) is 0. The fourth-order valence-electron chi connectivity index (χ4n) is 17.0. The van der Waals surface area contributed by atoms with Crippen LogP contribution >= 0.6 is 0 Å². The highest BCUT2D eigenvalue weighted by Gasteiger charge is 2.92. The summed E-state index contributed by atoms with van der Waals surface area (Å²) < 4.78 is 14.3. The van der Waals surface area contributed by atoms with Crippen LogP contribution in [0.4, 0.5) is 0 Å². The van der Waals surface area contributed by atoms with Gasteiger partial charge in [0.25, 0.3) is 0 Å². The molecule has 3 saturated heterocycles. The highest BCUT2D eigenvalue weighted by atomic mass is 16.6. The van der Waals surface area contributed by atoms with Crippen molar-refractivity contribution >= 4 is 11.9 Å². The van der Waals surface area contributed by atoms with Gasteiger partial charge in [-0.15, -0.1) is 0 Å². The summed E-state index contributed by atoms with van der Waals surface area (Å²) in [6.07, 6.45) is 20.4. The van der Waals surface area contributed by atoms with Gasteiger partial charge in [-0.05, 0) is 141 Å². The molecule has 0 amide bonds. The van der Waals surface area contributed by atoms with Crippen LogP contribution in [0.15, 0.2) is 94.5 Å². The topological polar surface area (TPSA) is 85.1 Å². The van der Waals surface area contributed by atoms with Gasteiger partial charge in [0.2, 0.25) is 0 Å². The Morgan fingerprint density at radius 2 is 1.95 bits per heavy atom. The van der Waals surface area contributed by atoms with Gasteiger partial charge in [0.15, 0.2) is 5.60 Å². The number of nitrogens with two attached hydrogens (primary N) is 1. The van der Waals surface area contributed by atoms with Crippen molar-refractivity contribution < 1.29 is 19.1 Å². The summed E-state index contributed by atoms with van der Waals surface area (Å²) in [6.45, 7) is 8.66. The standard InChI is InChI=1S/C56H59N3O4/c1-31-15-20-47-54-22-21-42-44-27-38-26-37-24-33(8-3-4-14-46(55(44,54)53(61)62-47)56(54)43-13-6-10-36(11-7-23-57)49(43)52(60)63-56)16-17-35(37)9-5-12-40-32(2)48(38)50(42)51-41(40)18-19-45-39-25-34(29-59(45)51)28-58(31)30-39/h6,10,13,16-20,24,27,31-32,34,39-40,45-46,48,50H,3-4,7-9,11,14-15,21-23,25-26,28-30,57H2,1-2H3/b47-20+/t31-,32+,34-,39+,40+,45+,46-,48+,50-,54+,55-,56+/m0/s1. The number of allylic oxidation sites excluding steroid dienone is 5. The van der Waals surface area contributed by atoms with E-state index < -0.39 is 16.4 Å². The number of benzene rings is 2. The van der Waals surface area contributed by atoms with E-state index in [1.807, 2.05) is 0 Å². The zero-order chi connectivity index (χ0) is 42.1. The van der Waals surface area contributed by atoms with Gasteiger partial charge in [0, 0.05) is 55.2 Å². The third-order valence-corrected chi connectivity index (χ3v) is 19.3. The molecule has 63 heavy (non-hydrogen) atoms. The minimum Gasteiger partial charge on any atom is -0.449 e. The second-order valence-electron chi connectivity index (χ2n) is 21.8. The van der Waals surface area contributed by atoms with Gasteiger partial charge < -0.3 is 20.1 Å². The van der Waals surface area contributed by atoms with E-state index >= 15 is 4.79 Å². The Balaban J connectivity index is 1.09. The number of esters is 2. The van der Waals surface area contributed by atoms with Crippen LogP contribution in [0.5, 0.6) is 0 Å². The Hall–Kier alpha value is -4.64. The molecule has 4 fully saturated rings. The van der Waals surface area contributed by atoms with E-state index in [9.17, 15) is 4.79 Å². The van der Waals surface area contributed by atoms with Crippen molar-refractivity contribution in [1.82, 2.24) is 9.80 Å². The molecular formula is C56H59N3O4. The number of hydrogen-bond acceptors (Lipinski definition) is 7. The van der Waals surface area contributed by atoms with Crippen molar-refractivity contribution in [2.75, 3.05) is 26.2 Å². The maximum Gasteiger partial charge on any atom is 0.339 e. The summed E-state index contributed by atoms with van der Waals surface area (Å²) in [5.74, 6) is 9.90. The van der Waals surface area contributed by atoms with Gasteiger partial charge in [-0.25, -0.2) is 4.79 Å². The molecule has 13 atom stereocenters. The maximum atomic E-state index is 16.0. The number of nitrogens with zero attached hydrogens (tertiary/aromatic N) is 2. The van der Waals surface area contributed by atoms with E-state index in [1.165, 1.54) is 51.1 Å². The molecule has 1 saturated carbocycles. The lowest BCUT2D eigenvalue weighted by molar-refractivity contribution is -0.275. The third kappa shape index (κ3) is 4.47. The fraction of sp³-hybridized carbons (Fsp3) is 0.536. The first kappa shape index (κ1) is 37.7. The molecule has 0 radical (unpaired) electrons. The molecule has 17 rings (SSSR count). The number of aryl methyl sites for hydroxylation is 2. The van der Waals surface area contributed by atoms with E-state index in [2.05, 4.69) is 96.2 Å². The molecule has 0 aromatic heterocycles. The summed E-state index contributed by atoms with van der Waals surface area (Å²) in [6, 6.07) is 14.2. The van der Waals surface area contributed by atoms with Crippen LogP contribution in [-0.2, 0) is 45.6 Å². The van der Waals surface area contributed by atoms with Crippen molar-refractivity contribution in [3.8, 4) is 11.8 Å². The molecule has 15 aliphatic rings. The lowest BCUT2D eigenvalue weighted by Crippen LogP contribution is -2.77. The van der Waals surface area contributed by atoms with Gasteiger partial charge in [0.1, 0.15) is 11.2 Å². The van der Waals surface area contributed by atoms with Crippen molar-refractivity contribution in [3.63, 3.8) is 0 Å². The molecule has 2 aromatic carbocycles. The predicted octanol–water partition coefficient (Wildman–Crippen LogP) is 8.28. The summed E-state index contributed by atoms with van der Waals surface area (Å²) >= 11 is 0. The number of ether oxygens (including phenoxy) is 2. The average molecular weight is 838 g/mol. The van der Waals surface area contributed by atoms with Crippen molar-refractivity contribution in [3.05, 3.63) is 128 Å². The Morgan fingerprint density at radius 3 is 2.86 bits per heavy atom. The molecular weight excluding hydrogens is 779 g/mol. The first-order chi connectivity index (χ1) is 30.8. The van der Waals surface area contributed by atoms with Gasteiger partial charge in [-0.2, -0.15) is 0 Å². The first-order valence-electron chi connectivity index (χ1n) is 24.7. The molecule has 7 heteroatoms. The maximum absolute atomic E-state index is 16.0. The van der Waals surface area contributed by atoms with E-state index in [4.69, 9.17) is 15.2 Å². The number of carbonyl (C=O) groups is 2. The third-order valence-electron chi connectivity index (χ3n) is 19.3. The number of piperidine rings is 2. The molecule has 9 aliphatic heterocycles. The average Bonchev–Trinajstić information content (AvgIpc) is 3.73. The summed E-state index contributed by atoms with van der Waals surface area (Å²) in [4.78, 5) is 36.5. The van der Waals surface area contributed by atoms with Crippen molar-refractivity contribution in [2.45, 2.75) is 109 Å². The van der Waals surface area contributed by atoms with Crippen LogP contribution in [0, 0.1) is 64.1 Å². The number of carbonyl (C=O) groups excluding carboxylic acids is 2. The van der Waals surface area contributed by atoms with Gasteiger partial charge >= 0.3 is 11.9 Å². The molecule has 2 aromatic rings. The van der Waals surface area contributed by atoms with Gasteiger partial charge in [-0.3, -0.25) is 9.69 Å². The molecule has 17 bridgehead atoms. The number of fused-ring (bicyclic) bond motifs is 6. The molecule has 3 spiro atoms. The zero-order valence-corrected chi connectivity index (χ0v) is 36.9. The smallest absolute Gasteiger partial charge is 0.339 e. The Bertz CT molecular complexity index is 2690. The van der Waals surface area contributed by atoms with Crippen LogP contribution in [0.2, 0.25) is 0 Å². The largest absolute Gasteiger partial charge is 0.449 e. The summed E-state index contributed by atoms with van der Waals surface area (Å²) in [7, 11) is 0. The zero-order valence-electron chi connectivity index (χ0n) is 36.9. The second kappa shape index (κ2) is 13.0. The highest BCUT2D eigenvalue weighted by molar-refractivity contribution is 6.00. The van der Waals surface area contributed by atoms with Crippen molar-refractivity contribution in [1.29, 1.82) is 0 Å². The van der Waals surface area contributed by atoms with Crippen LogP contribution in [0.1, 0.15) is 103 Å². The minimum atomic E-state index is -1.02. The van der Waals surface area contributed by atoms with E-state index in [0.29, 0.717) is 42.3 Å². The van der Waals surface area contributed by atoms with Crippen molar-refractivity contribution in [2.24, 2.45) is 58.0 Å². The predicted molar refractivity (Wildman–Crippen MR) is 241 cm³/mol. The normalized spacial score (nSPS) is 42.2. The molecule has 9 heterocycles. The van der Waals surface area contributed by atoms with Gasteiger partial charge in [-0.1, -0.05) is 91.0 Å². The number of hydrogen-bond donors (Lipinski definition) is 1. The second-order valence-corrected chi connectivity index (χ2v) is 21.8. The first-order valence-corrected chi connectivity index (χ1v) is 24.7. The van der Waals surface area contributed by atoms with Gasteiger partial charge in [0.05, 0.1) is 22.9 Å². The molecule has 322 valence electrons. The number of rotatable bonds is 3. The van der Waals surface area contributed by atoms with E-state index in [0.717, 1.165) is 101 Å². The lowest BCUT2D eigenvalue weighted by Gasteiger charge is -2.71. The Morgan fingerprint density at radius 1 is 1.03 bits per heavy atom. The van der Waals surface area contributed by atoms with Crippen LogP contribution in [0.25, 0.3) is 0 Å². The van der Waals surface area contributed by atoms with Crippen LogP contribution < -0.4 is 5.73 Å². The lowest BCUT2D eigenvalue weighted by atomic mass is 9.29. The highest BCUT2D eigenvalue weighted by Crippen LogP contribution is 2.87. The molecule has 7 nitrogen and oxygen atoms in total. The van der Waals surface area contributed by atoms with E-state index in [1.54, 1.807) is 0 Å². The monoisotopic (exact) mass is 837 g/mol. The Labute approximate surface area is 371 Å². The van der Waals surface area contributed by atoms with E-state index in [-0.39, 0.29) is 41.7 Å². The Kier molecular flexibility index (Phi) is 7.78. The SMILES string of the molecule is C[C@H]1[C@@H]2C3=CC4=C5CC[C@@]67/C8=C\C[C@H](C)N9C[C@@H]%10C[C@H](C9)[C@H]9C=CC(=C([C@@H]52)N9C%10)[C@@H]1C#CCc1ccc(cc1C3)CCCC[C@@H]([C@]46C(=O)O8)[C@@]71OC(=O)c2c(CCCN)cccc21. The molecule has 1 unspecified atom stereocenters. The minimum absolute atomic E-state index is 0.114. The fourth-order valence-corrected chi connectivity index (χ4v) is 17.0. The molecule has 2 N–H and O–H groups in total. The summed E-state index contributed by atoms with van der Waals surface area (Å²) in [5.41, 5.74) is 17.1. The van der Waals surface area contributed by atoms with Crippen LogP contribution in [-0.4, -0.2) is 60.0 Å². The molecule has 6 aliphatic carbocycles. The van der Waals surface area contributed by atoms with Crippen LogP contribution in [0.3, 0.4) is 0 Å².